The summed E-state index contributed by atoms with van der Waals surface area (Å²) in [6.45, 7) is 51.2. The third kappa shape index (κ3) is 150. The van der Waals surface area contributed by atoms with Crippen LogP contribution in [0.4, 0.5) is 0 Å². The predicted octanol–water partition coefficient (Wildman–Crippen LogP) is 7.81. The third-order valence-electron chi connectivity index (χ3n) is 12.5. The number of carbonyl (C=O) groups is 8. The molecule has 0 aromatic rings. The topological polar surface area (TPSA) is 351 Å². The van der Waals surface area contributed by atoms with E-state index in [4.69, 9.17) is 85.3 Å². The minimum absolute atomic E-state index is 0.00346. The lowest BCUT2D eigenvalue weighted by Gasteiger charge is -2.07. The van der Waals surface area contributed by atoms with Crippen molar-refractivity contribution >= 4 is 46.5 Å². The summed E-state index contributed by atoms with van der Waals surface area (Å²) in [5.74, 6) is 0.352. The second kappa shape index (κ2) is 113. The number of unbranched alkanes of at least 4 members (excludes halogenated alkanes) is 4. The second-order valence-corrected chi connectivity index (χ2v) is 24.4. The van der Waals surface area contributed by atoms with Crippen molar-refractivity contribution < 1.29 is 124 Å². The Kier molecular flexibility index (Phi) is 123. The van der Waals surface area contributed by atoms with Crippen LogP contribution in [0.3, 0.4) is 0 Å². The highest BCUT2D eigenvalue weighted by atomic mass is 16.6. The lowest BCUT2D eigenvalue weighted by molar-refractivity contribution is -0.143. The van der Waals surface area contributed by atoms with Gasteiger partial charge in [-0.2, -0.15) is 0 Å². The molecular formula is C79H160N4O26. The van der Waals surface area contributed by atoms with Crippen LogP contribution in [0.5, 0.6) is 0 Å². The largest absolute Gasteiger partial charge is 0.466 e. The van der Waals surface area contributed by atoms with Crippen LogP contribution < -0.4 is 21.3 Å². The molecule has 30 nitrogen and oxygen atoms in total. The van der Waals surface area contributed by atoms with Crippen molar-refractivity contribution in [1.82, 2.24) is 21.3 Å². The van der Waals surface area contributed by atoms with E-state index in [1.165, 1.54) is 48.0 Å². The number of hydrogen-bond donors (Lipinski definition) is 4. The maximum absolute atomic E-state index is 10.8. The molecule has 0 aliphatic rings. The molecule has 0 amide bonds. The van der Waals surface area contributed by atoms with E-state index >= 15 is 0 Å². The van der Waals surface area contributed by atoms with Crippen LogP contribution in [-0.2, 0) is 124 Å². The summed E-state index contributed by atoms with van der Waals surface area (Å²) in [5, 5.41) is 12.6. The molecule has 0 atom stereocenters. The Hall–Kier alpha value is -3.68. The molecule has 0 aliphatic carbocycles. The summed E-state index contributed by atoms with van der Waals surface area (Å²) in [7, 11) is 0. The van der Waals surface area contributed by atoms with E-state index in [1.54, 1.807) is 6.92 Å². The molecule has 0 saturated carbocycles. The summed E-state index contributed by atoms with van der Waals surface area (Å²) in [5.41, 5.74) is 0. The average Bonchev–Trinajstić information content (AvgIpc) is 2.83. The van der Waals surface area contributed by atoms with Gasteiger partial charge in [0.2, 0.25) is 0 Å². The first kappa shape index (κ1) is 119. The highest BCUT2D eigenvalue weighted by molar-refractivity contribution is 5.78. The fraction of sp³-hybridized carbons (Fsp3) is 0.899. The average molecular weight is 1580 g/mol. The van der Waals surface area contributed by atoms with Crippen LogP contribution in [0, 0.1) is 0 Å². The highest BCUT2D eigenvalue weighted by Gasteiger charge is 2.03. The van der Waals surface area contributed by atoms with Gasteiger partial charge in [0.15, 0.2) is 28.9 Å². The van der Waals surface area contributed by atoms with Crippen LogP contribution >= 0.6 is 0 Å². The van der Waals surface area contributed by atoms with Gasteiger partial charge in [-0.3, -0.25) is 38.4 Å². The molecule has 0 aromatic carbocycles. The van der Waals surface area contributed by atoms with Crippen molar-refractivity contribution in [2.45, 2.75) is 187 Å². The van der Waals surface area contributed by atoms with Crippen molar-refractivity contribution in [3.05, 3.63) is 0 Å². The van der Waals surface area contributed by atoms with Gasteiger partial charge in [0, 0.05) is 105 Å². The SMILES string of the molecule is CC(=O)CCOCCOCC(C)=O.CCCCOCCNCCOCCOCC(C)=O.CCCCOCCOCCNCC(C)=O.CCCNCCOCCOCC(C)=O.CCCOCCCC(=O)OCC.CCCOCCOCCCCCOCC(C)=O.CCCOCCOCCNCCOCCOCC(C)=O. The molecule has 30 heteroatoms. The Morgan fingerprint density at radius 3 is 0.761 bits per heavy atom. The second-order valence-electron chi connectivity index (χ2n) is 24.4. The van der Waals surface area contributed by atoms with E-state index in [2.05, 4.69) is 62.8 Å². The van der Waals surface area contributed by atoms with Crippen molar-refractivity contribution in [3.63, 3.8) is 0 Å². The Morgan fingerprint density at radius 2 is 0.459 bits per heavy atom. The molecule has 0 rings (SSSR count). The van der Waals surface area contributed by atoms with E-state index in [-0.39, 0.29) is 79.5 Å². The number of esters is 1. The van der Waals surface area contributed by atoms with Gasteiger partial charge in [-0.05, 0) is 126 Å². The first-order valence-corrected chi connectivity index (χ1v) is 40.0. The number of ether oxygens (including phenoxy) is 18. The molecule has 0 saturated heterocycles. The van der Waals surface area contributed by atoms with E-state index < -0.39 is 0 Å². The normalized spacial score (nSPS) is 10.5. The molecule has 0 spiro atoms. The van der Waals surface area contributed by atoms with Gasteiger partial charge >= 0.3 is 5.97 Å². The van der Waals surface area contributed by atoms with E-state index in [0.29, 0.717) is 178 Å². The summed E-state index contributed by atoms with van der Waals surface area (Å²) < 4.78 is 93.6. The minimum atomic E-state index is -0.127. The zero-order valence-electron chi connectivity index (χ0n) is 70.9. The summed E-state index contributed by atoms with van der Waals surface area (Å²) in [6.07, 6.45) is 13.6. The summed E-state index contributed by atoms with van der Waals surface area (Å²) in [6, 6.07) is 0. The van der Waals surface area contributed by atoms with E-state index in [1.807, 2.05) is 6.92 Å². The molecule has 0 radical (unpaired) electrons. The number of ketones is 7. The number of carbonyl (C=O) groups excluding carboxylic acids is 8. The molecule has 652 valence electrons. The van der Waals surface area contributed by atoms with Crippen LogP contribution in [0.2, 0.25) is 0 Å². The lowest BCUT2D eigenvalue weighted by Crippen LogP contribution is -2.25. The quantitative estimate of drug-likeness (QED) is 0.0333. The Bertz CT molecular complexity index is 1830. The maximum Gasteiger partial charge on any atom is 0.305 e. The summed E-state index contributed by atoms with van der Waals surface area (Å²) in [4.78, 5) is 84.4. The third-order valence-corrected chi connectivity index (χ3v) is 12.5. The maximum atomic E-state index is 10.8. The molecule has 0 aliphatic heterocycles. The van der Waals surface area contributed by atoms with E-state index in [0.717, 1.165) is 156 Å². The van der Waals surface area contributed by atoms with E-state index in [9.17, 15) is 38.4 Å². The lowest BCUT2D eigenvalue weighted by atomic mass is 10.2. The monoisotopic (exact) mass is 1580 g/mol. The smallest absolute Gasteiger partial charge is 0.305 e. The molecular weight excluding hydrogens is 1420 g/mol. The van der Waals surface area contributed by atoms with Crippen LogP contribution in [-0.4, -0.2) is 330 Å². The Labute approximate surface area is 659 Å². The van der Waals surface area contributed by atoms with Crippen LogP contribution in [0.1, 0.15) is 187 Å². The van der Waals surface area contributed by atoms with Gasteiger partial charge < -0.3 is 107 Å². The Balaban J connectivity index is -0.000000224. The molecule has 0 heterocycles. The zero-order valence-corrected chi connectivity index (χ0v) is 70.9. The first-order chi connectivity index (χ1) is 52.8. The van der Waals surface area contributed by atoms with Gasteiger partial charge in [0.05, 0.1) is 152 Å². The number of Topliss-reactive ketones (excluding diaryl/α,β-unsaturated/α-hetero) is 7. The Morgan fingerprint density at radius 1 is 0.202 bits per heavy atom. The number of hydrogen-bond acceptors (Lipinski definition) is 30. The van der Waals surface area contributed by atoms with Crippen LogP contribution in [0.15, 0.2) is 0 Å². The van der Waals surface area contributed by atoms with Gasteiger partial charge in [-0.1, -0.05) is 54.4 Å². The van der Waals surface area contributed by atoms with Crippen LogP contribution in [0.25, 0.3) is 0 Å². The fourth-order valence-corrected chi connectivity index (χ4v) is 7.09. The number of nitrogens with one attached hydrogen (secondary N) is 4. The molecule has 4 N–H and O–H groups in total. The summed E-state index contributed by atoms with van der Waals surface area (Å²) >= 11 is 0. The molecule has 0 aromatic heterocycles. The van der Waals surface area contributed by atoms with Crippen molar-refractivity contribution in [2.24, 2.45) is 0 Å². The van der Waals surface area contributed by atoms with Gasteiger partial charge in [-0.15, -0.1) is 0 Å². The van der Waals surface area contributed by atoms with Gasteiger partial charge in [0.1, 0.15) is 44.6 Å². The molecule has 0 fully saturated rings. The van der Waals surface area contributed by atoms with Crippen molar-refractivity contribution in [2.75, 3.05) is 284 Å². The minimum Gasteiger partial charge on any atom is -0.466 e. The number of rotatable bonds is 79. The zero-order chi connectivity index (χ0) is 82.5. The standard InChI is InChI=1S/C14H29NO5.C13H27NO4.C13H26O4.C11H23NO3.C10H21NO3.C9H16O4.C9H18O3/c1-3-6-17-9-10-18-7-4-15-5-8-19-11-12-20-13-14(2)16;1-3-4-7-16-8-5-14-6-9-17-10-11-18-12-13(2)15;1-3-7-15-10-11-16-8-5-4-6-9-17-12-13(2)14;1-3-4-6-14-8-9-15-7-5-12-10-11(2)13;1-3-4-11-5-6-13-7-8-14-9-10(2)12;1-8(10)3-4-12-5-6-13-7-9(2)11;1-3-7-11-8-5-6-9(10)12-4-2/h15H,3-13H2,1-2H3;14H,3-12H2,1-2H3;3-12H2,1-2H3;12H,3-10H2,1-2H3;11H,3-9H2,1-2H3;3-7H2,1-2H3;3-8H2,1-2H3. The van der Waals surface area contributed by atoms with Crippen molar-refractivity contribution in [3.8, 4) is 0 Å². The molecule has 109 heavy (non-hydrogen) atoms. The van der Waals surface area contributed by atoms with Crippen molar-refractivity contribution in [1.29, 1.82) is 0 Å². The van der Waals surface area contributed by atoms with Gasteiger partial charge in [0.25, 0.3) is 0 Å². The highest BCUT2D eigenvalue weighted by Crippen LogP contribution is 1.98. The van der Waals surface area contributed by atoms with Gasteiger partial charge in [-0.25, -0.2) is 0 Å². The fourth-order valence-electron chi connectivity index (χ4n) is 7.09. The predicted molar refractivity (Wildman–Crippen MR) is 425 cm³/mol. The molecule has 0 bridgehead atoms. The molecule has 0 unspecified atom stereocenters. The first-order valence-electron chi connectivity index (χ1n) is 40.0.